The van der Waals surface area contributed by atoms with Crippen molar-refractivity contribution in [1.29, 1.82) is 0 Å². The molecule has 1 saturated heterocycles. The second-order valence-electron chi connectivity index (χ2n) is 6.62. The zero-order valence-corrected chi connectivity index (χ0v) is 14.9. The minimum Gasteiger partial charge on any atom is -0.355 e. The minimum absolute atomic E-state index is 0.00591. The van der Waals surface area contributed by atoms with E-state index in [-0.39, 0.29) is 11.8 Å². The van der Waals surface area contributed by atoms with Crippen molar-refractivity contribution in [3.05, 3.63) is 36.5 Å². The number of piperidine rings is 1. The van der Waals surface area contributed by atoms with Gasteiger partial charge in [0, 0.05) is 43.8 Å². The molecule has 0 spiro atoms. The van der Waals surface area contributed by atoms with Gasteiger partial charge in [-0.25, -0.2) is 9.97 Å². The Kier molecular flexibility index (Phi) is 4.24. The molecule has 0 radical (unpaired) electrons. The van der Waals surface area contributed by atoms with Crippen LogP contribution in [0, 0.1) is 12.8 Å². The quantitative estimate of drug-likeness (QED) is 0.775. The van der Waals surface area contributed by atoms with Crippen LogP contribution >= 0.6 is 0 Å². The summed E-state index contributed by atoms with van der Waals surface area (Å²) in [6.07, 6.45) is 8.40. The van der Waals surface area contributed by atoms with Gasteiger partial charge >= 0.3 is 0 Å². The fourth-order valence-electron chi connectivity index (χ4n) is 3.45. The molecular weight excluding hydrogens is 330 g/mol. The molecule has 1 fully saturated rings. The van der Waals surface area contributed by atoms with Gasteiger partial charge in [-0.2, -0.15) is 5.10 Å². The van der Waals surface area contributed by atoms with Gasteiger partial charge in [-0.05, 0) is 25.8 Å². The highest BCUT2D eigenvalue weighted by Crippen LogP contribution is 2.24. The average Bonchev–Trinajstić information content (AvgIpc) is 2.96. The summed E-state index contributed by atoms with van der Waals surface area (Å²) in [7, 11) is 1.87. The van der Waals surface area contributed by atoms with E-state index in [2.05, 4.69) is 30.3 Å². The Bertz CT molecular complexity index is 929. The Hall–Kier alpha value is -3.03. The first-order valence-corrected chi connectivity index (χ1v) is 8.73. The summed E-state index contributed by atoms with van der Waals surface area (Å²) in [6.45, 7) is 3.55. The molecule has 0 atom stereocenters. The van der Waals surface area contributed by atoms with Crippen LogP contribution in [-0.2, 0) is 11.8 Å². The van der Waals surface area contributed by atoms with Gasteiger partial charge in [0.1, 0.15) is 5.82 Å². The summed E-state index contributed by atoms with van der Waals surface area (Å²) in [6, 6.07) is 1.94. The molecule has 8 heteroatoms. The predicted molar refractivity (Wildman–Crippen MR) is 98.8 cm³/mol. The van der Waals surface area contributed by atoms with E-state index < -0.39 is 0 Å². The number of pyridine rings is 1. The molecule has 1 aliphatic rings. The van der Waals surface area contributed by atoms with E-state index in [9.17, 15) is 4.79 Å². The zero-order chi connectivity index (χ0) is 18.1. The van der Waals surface area contributed by atoms with Crippen LogP contribution in [0.3, 0.4) is 0 Å². The van der Waals surface area contributed by atoms with E-state index in [1.54, 1.807) is 29.5 Å². The predicted octanol–water partition coefficient (Wildman–Crippen LogP) is 1.92. The zero-order valence-electron chi connectivity index (χ0n) is 14.9. The lowest BCUT2D eigenvalue weighted by Crippen LogP contribution is -2.38. The molecule has 0 aromatic carbocycles. The maximum Gasteiger partial charge on any atom is 0.227 e. The molecule has 0 saturated carbocycles. The molecule has 3 aromatic heterocycles. The van der Waals surface area contributed by atoms with Gasteiger partial charge < -0.3 is 10.2 Å². The van der Waals surface area contributed by atoms with Crippen molar-refractivity contribution < 1.29 is 4.79 Å². The Morgan fingerprint density at radius 2 is 2.00 bits per heavy atom. The standard InChI is InChI=1S/C18H21N7O/c1-12-15-9-14(10-21-17(15)24(2)23-12)22-18(26)13-3-7-25(8-4-13)16-11-19-5-6-20-16/h5-6,9-11,13H,3-4,7-8H2,1-2H3,(H,22,26). The summed E-state index contributed by atoms with van der Waals surface area (Å²) in [5.41, 5.74) is 2.44. The first-order chi connectivity index (χ1) is 12.6. The van der Waals surface area contributed by atoms with E-state index in [1.165, 1.54) is 0 Å². The Morgan fingerprint density at radius 3 is 2.73 bits per heavy atom. The number of amides is 1. The molecule has 8 nitrogen and oxygen atoms in total. The van der Waals surface area contributed by atoms with Crippen molar-refractivity contribution in [2.24, 2.45) is 13.0 Å². The van der Waals surface area contributed by atoms with Crippen LogP contribution in [0.15, 0.2) is 30.9 Å². The first kappa shape index (κ1) is 16.4. The van der Waals surface area contributed by atoms with Gasteiger partial charge in [-0.3, -0.25) is 14.5 Å². The summed E-state index contributed by atoms with van der Waals surface area (Å²) in [5.74, 6) is 0.910. The molecule has 4 heterocycles. The van der Waals surface area contributed by atoms with Crippen LogP contribution in [0.25, 0.3) is 11.0 Å². The highest BCUT2D eigenvalue weighted by molar-refractivity contribution is 5.94. The summed E-state index contributed by atoms with van der Waals surface area (Å²) in [4.78, 5) is 27.6. The van der Waals surface area contributed by atoms with E-state index >= 15 is 0 Å². The minimum atomic E-state index is -0.00591. The monoisotopic (exact) mass is 351 g/mol. The third-order valence-electron chi connectivity index (χ3n) is 4.87. The number of carbonyl (C=O) groups is 1. The molecule has 1 aliphatic heterocycles. The number of carbonyl (C=O) groups excluding carboxylic acids is 1. The highest BCUT2D eigenvalue weighted by atomic mass is 16.1. The molecule has 0 aliphatic carbocycles. The number of hydrogen-bond donors (Lipinski definition) is 1. The lowest BCUT2D eigenvalue weighted by atomic mass is 9.96. The number of hydrogen-bond acceptors (Lipinski definition) is 6. The topological polar surface area (TPSA) is 88.8 Å². The van der Waals surface area contributed by atoms with E-state index in [0.29, 0.717) is 0 Å². The van der Waals surface area contributed by atoms with Crippen LogP contribution in [0.4, 0.5) is 11.5 Å². The summed E-state index contributed by atoms with van der Waals surface area (Å²) < 4.78 is 1.75. The maximum atomic E-state index is 12.6. The molecule has 3 aromatic rings. The van der Waals surface area contributed by atoms with Crippen molar-refractivity contribution in [3.8, 4) is 0 Å². The fourth-order valence-corrected chi connectivity index (χ4v) is 3.45. The molecule has 1 amide bonds. The summed E-state index contributed by atoms with van der Waals surface area (Å²) in [5, 5.41) is 8.33. The number of aromatic nitrogens is 5. The van der Waals surface area contributed by atoms with Crippen molar-refractivity contribution in [1.82, 2.24) is 24.7 Å². The Morgan fingerprint density at radius 1 is 1.19 bits per heavy atom. The van der Waals surface area contributed by atoms with Crippen molar-refractivity contribution in [2.75, 3.05) is 23.3 Å². The normalized spacial score (nSPS) is 15.4. The van der Waals surface area contributed by atoms with Gasteiger partial charge in [-0.1, -0.05) is 0 Å². The number of nitrogens with zero attached hydrogens (tertiary/aromatic N) is 6. The van der Waals surface area contributed by atoms with Gasteiger partial charge in [0.15, 0.2) is 5.65 Å². The lowest BCUT2D eigenvalue weighted by Gasteiger charge is -2.31. The molecule has 4 rings (SSSR count). The second-order valence-corrected chi connectivity index (χ2v) is 6.62. The molecule has 134 valence electrons. The fraction of sp³-hybridized carbons (Fsp3) is 0.389. The largest absolute Gasteiger partial charge is 0.355 e. The number of anilines is 2. The van der Waals surface area contributed by atoms with Gasteiger partial charge in [-0.15, -0.1) is 0 Å². The van der Waals surface area contributed by atoms with Gasteiger partial charge in [0.2, 0.25) is 5.91 Å². The van der Waals surface area contributed by atoms with Crippen molar-refractivity contribution in [2.45, 2.75) is 19.8 Å². The average molecular weight is 351 g/mol. The Balaban J connectivity index is 1.41. The van der Waals surface area contributed by atoms with Crippen LogP contribution < -0.4 is 10.2 Å². The maximum absolute atomic E-state index is 12.6. The van der Waals surface area contributed by atoms with E-state index in [4.69, 9.17) is 0 Å². The third kappa shape index (κ3) is 3.10. The Labute approximate surface area is 151 Å². The molecule has 0 bridgehead atoms. The first-order valence-electron chi connectivity index (χ1n) is 8.73. The van der Waals surface area contributed by atoms with Crippen molar-refractivity contribution >= 4 is 28.4 Å². The number of fused-ring (bicyclic) bond motifs is 1. The molecule has 0 unspecified atom stereocenters. The number of rotatable bonds is 3. The third-order valence-corrected chi connectivity index (χ3v) is 4.87. The van der Waals surface area contributed by atoms with Crippen LogP contribution in [-0.4, -0.2) is 43.7 Å². The van der Waals surface area contributed by atoms with Gasteiger partial charge in [0.25, 0.3) is 0 Å². The SMILES string of the molecule is Cc1nn(C)c2ncc(NC(=O)C3CCN(c4cnccn4)CC3)cc12. The van der Waals surface area contributed by atoms with Crippen LogP contribution in [0.5, 0.6) is 0 Å². The molecular formula is C18H21N7O. The van der Waals surface area contributed by atoms with E-state index in [1.807, 2.05) is 20.0 Å². The highest BCUT2D eigenvalue weighted by Gasteiger charge is 2.26. The molecule has 1 N–H and O–H groups in total. The number of nitrogens with one attached hydrogen (secondary N) is 1. The van der Waals surface area contributed by atoms with Gasteiger partial charge in [0.05, 0.1) is 23.8 Å². The smallest absolute Gasteiger partial charge is 0.227 e. The molecule has 26 heavy (non-hydrogen) atoms. The van der Waals surface area contributed by atoms with Crippen LogP contribution in [0.1, 0.15) is 18.5 Å². The summed E-state index contributed by atoms with van der Waals surface area (Å²) >= 11 is 0. The number of aryl methyl sites for hydroxylation is 2. The second kappa shape index (κ2) is 6.70. The van der Waals surface area contributed by atoms with Crippen LogP contribution in [0.2, 0.25) is 0 Å². The van der Waals surface area contributed by atoms with E-state index in [0.717, 1.165) is 54.2 Å². The van der Waals surface area contributed by atoms with Crippen molar-refractivity contribution in [3.63, 3.8) is 0 Å². The lowest BCUT2D eigenvalue weighted by molar-refractivity contribution is -0.120.